The van der Waals surface area contributed by atoms with Crippen LogP contribution in [-0.4, -0.2) is 20.5 Å². The van der Waals surface area contributed by atoms with Crippen molar-refractivity contribution in [3.8, 4) is 17.3 Å². The fourth-order valence-electron chi connectivity index (χ4n) is 1.61. The largest absolute Gasteiger partial charge is 0.481 e. The second-order valence-corrected chi connectivity index (χ2v) is 4.17. The number of benzene rings is 1. The molecule has 0 saturated heterocycles. The molecule has 0 radical (unpaired) electrons. The number of halogens is 1. The molecule has 2 N–H and O–H groups in total. The first-order valence-corrected chi connectivity index (χ1v) is 5.97. The number of ether oxygens (including phenoxy) is 1. The Morgan fingerprint density at radius 3 is 2.62 bits per heavy atom. The number of nitrogens with two attached hydrogens (primary N) is 1. The Bertz CT molecular complexity index is 739. The summed E-state index contributed by atoms with van der Waals surface area (Å²) in [7, 11) is 0. The van der Waals surface area contributed by atoms with Gasteiger partial charge in [-0.05, 0) is 41.5 Å². The Morgan fingerprint density at radius 2 is 1.95 bits per heavy atom. The predicted molar refractivity (Wildman–Crippen MR) is 67.4 cm³/mol. The first kappa shape index (κ1) is 13.0. The van der Waals surface area contributed by atoms with Crippen LogP contribution in [0, 0.1) is 5.82 Å². The van der Waals surface area contributed by atoms with Gasteiger partial charge in [0.25, 0.3) is 5.89 Å². The first-order chi connectivity index (χ1) is 10.1. The zero-order valence-corrected chi connectivity index (χ0v) is 10.9. The molecule has 3 rings (SSSR count). The minimum absolute atomic E-state index is 0.0643. The molecule has 8 nitrogen and oxygen atoms in total. The van der Waals surface area contributed by atoms with Crippen LogP contribution in [-0.2, 0) is 0 Å². The number of hydrogen-bond acceptors (Lipinski definition) is 8. The quantitative estimate of drug-likeness (QED) is 0.776. The molecular formula is C12H10FN5O3. The van der Waals surface area contributed by atoms with E-state index in [1.165, 1.54) is 24.3 Å². The summed E-state index contributed by atoms with van der Waals surface area (Å²) in [6.07, 6.45) is -0.530. The lowest BCUT2D eigenvalue weighted by Crippen LogP contribution is -2.03. The third-order valence-corrected chi connectivity index (χ3v) is 2.64. The fraction of sp³-hybridized carbons (Fsp3) is 0.167. The Kier molecular flexibility index (Phi) is 3.22. The van der Waals surface area contributed by atoms with Crippen LogP contribution in [0.5, 0.6) is 5.75 Å². The highest BCUT2D eigenvalue weighted by Crippen LogP contribution is 2.24. The van der Waals surface area contributed by atoms with E-state index in [1.807, 2.05) is 0 Å². The van der Waals surface area contributed by atoms with Crippen LogP contribution in [0.1, 0.15) is 18.9 Å². The van der Waals surface area contributed by atoms with Crippen LogP contribution < -0.4 is 10.5 Å². The number of rotatable bonds is 4. The second kappa shape index (κ2) is 5.19. The molecule has 2 heterocycles. The third-order valence-electron chi connectivity index (χ3n) is 2.64. The highest BCUT2D eigenvalue weighted by Gasteiger charge is 2.20. The van der Waals surface area contributed by atoms with Crippen molar-refractivity contribution in [2.24, 2.45) is 0 Å². The number of aromatic nitrogens is 4. The lowest BCUT2D eigenvalue weighted by atomic mass is 10.3. The van der Waals surface area contributed by atoms with Crippen LogP contribution in [0.4, 0.5) is 10.2 Å². The topological polar surface area (TPSA) is 113 Å². The van der Waals surface area contributed by atoms with E-state index in [9.17, 15) is 4.39 Å². The van der Waals surface area contributed by atoms with E-state index in [0.717, 1.165) is 0 Å². The van der Waals surface area contributed by atoms with E-state index in [4.69, 9.17) is 15.0 Å². The van der Waals surface area contributed by atoms with Crippen molar-refractivity contribution in [3.05, 3.63) is 36.0 Å². The molecule has 1 atom stereocenters. The molecule has 108 valence electrons. The number of hydrogen-bond donors (Lipinski definition) is 1. The van der Waals surface area contributed by atoms with Gasteiger partial charge in [0.15, 0.2) is 17.6 Å². The Labute approximate surface area is 117 Å². The van der Waals surface area contributed by atoms with Crippen LogP contribution in [0.2, 0.25) is 0 Å². The average molecular weight is 291 g/mol. The molecule has 0 saturated carbocycles. The van der Waals surface area contributed by atoms with E-state index >= 15 is 0 Å². The third kappa shape index (κ3) is 2.66. The molecule has 2 aromatic heterocycles. The van der Waals surface area contributed by atoms with Gasteiger partial charge in [-0.25, -0.2) is 9.02 Å². The molecule has 0 spiro atoms. The summed E-state index contributed by atoms with van der Waals surface area (Å²) >= 11 is 0. The van der Waals surface area contributed by atoms with Gasteiger partial charge in [-0.15, -0.1) is 0 Å². The standard InChI is InChI=1S/C12H10FN5O3/c1-6(19-8-4-2-7(13)3-5-8)12-15-11(18-20-12)9-10(14)17-21-16-9/h2-6H,1H3,(H2,14,17). The maximum Gasteiger partial charge on any atom is 0.267 e. The number of nitrogen functional groups attached to an aromatic ring is 1. The molecule has 0 aliphatic heterocycles. The summed E-state index contributed by atoms with van der Waals surface area (Å²) in [6, 6.07) is 5.59. The second-order valence-electron chi connectivity index (χ2n) is 4.17. The lowest BCUT2D eigenvalue weighted by Gasteiger charge is -2.10. The van der Waals surface area contributed by atoms with Gasteiger partial charge in [0, 0.05) is 0 Å². The molecule has 21 heavy (non-hydrogen) atoms. The van der Waals surface area contributed by atoms with Gasteiger partial charge in [-0.2, -0.15) is 4.98 Å². The summed E-state index contributed by atoms with van der Waals surface area (Å²) in [5.74, 6) is 0.569. The fourth-order valence-corrected chi connectivity index (χ4v) is 1.61. The summed E-state index contributed by atoms with van der Waals surface area (Å²) < 4.78 is 27.9. The minimum atomic E-state index is -0.530. The van der Waals surface area contributed by atoms with Crippen molar-refractivity contribution in [1.82, 2.24) is 20.5 Å². The zero-order chi connectivity index (χ0) is 14.8. The Balaban J connectivity index is 1.76. The van der Waals surface area contributed by atoms with Crippen LogP contribution in [0.15, 0.2) is 33.4 Å². The van der Waals surface area contributed by atoms with Gasteiger partial charge >= 0.3 is 0 Å². The molecule has 0 amide bonds. The maximum absolute atomic E-state index is 12.8. The molecule has 3 aromatic rings. The van der Waals surface area contributed by atoms with Crippen molar-refractivity contribution in [2.75, 3.05) is 5.73 Å². The normalized spacial score (nSPS) is 12.3. The first-order valence-electron chi connectivity index (χ1n) is 5.97. The van der Waals surface area contributed by atoms with Crippen molar-refractivity contribution in [3.63, 3.8) is 0 Å². The number of anilines is 1. The smallest absolute Gasteiger partial charge is 0.267 e. The highest BCUT2D eigenvalue weighted by molar-refractivity contribution is 5.61. The van der Waals surface area contributed by atoms with Gasteiger partial charge in [-0.1, -0.05) is 5.16 Å². The summed E-state index contributed by atoms with van der Waals surface area (Å²) in [4.78, 5) is 4.11. The highest BCUT2D eigenvalue weighted by atomic mass is 19.1. The molecule has 0 aliphatic carbocycles. The summed E-state index contributed by atoms with van der Waals surface area (Å²) in [6.45, 7) is 1.71. The van der Waals surface area contributed by atoms with Gasteiger partial charge in [0.2, 0.25) is 5.82 Å². The van der Waals surface area contributed by atoms with Crippen LogP contribution in [0.25, 0.3) is 11.5 Å². The molecule has 1 aromatic carbocycles. The maximum atomic E-state index is 12.8. The van der Waals surface area contributed by atoms with Crippen molar-refractivity contribution >= 4 is 5.82 Å². The van der Waals surface area contributed by atoms with Crippen molar-refractivity contribution < 1.29 is 18.3 Å². The molecule has 0 aliphatic rings. The van der Waals surface area contributed by atoms with Crippen LogP contribution >= 0.6 is 0 Å². The number of nitrogens with zero attached hydrogens (tertiary/aromatic N) is 4. The van der Waals surface area contributed by atoms with E-state index in [0.29, 0.717) is 5.75 Å². The Morgan fingerprint density at radius 1 is 1.19 bits per heavy atom. The van der Waals surface area contributed by atoms with E-state index in [-0.39, 0.29) is 29.0 Å². The minimum Gasteiger partial charge on any atom is -0.481 e. The molecular weight excluding hydrogens is 281 g/mol. The van der Waals surface area contributed by atoms with Gasteiger partial charge < -0.3 is 15.0 Å². The molecule has 1 unspecified atom stereocenters. The average Bonchev–Trinajstić information content (AvgIpc) is 3.09. The van der Waals surface area contributed by atoms with Crippen molar-refractivity contribution in [1.29, 1.82) is 0 Å². The van der Waals surface area contributed by atoms with E-state index < -0.39 is 6.10 Å². The molecule has 0 fully saturated rings. The van der Waals surface area contributed by atoms with Crippen LogP contribution in [0.3, 0.4) is 0 Å². The van der Waals surface area contributed by atoms with Gasteiger partial charge in [-0.3, -0.25) is 0 Å². The van der Waals surface area contributed by atoms with Crippen molar-refractivity contribution in [2.45, 2.75) is 13.0 Å². The predicted octanol–water partition coefficient (Wildman–Crippen LogP) is 1.98. The van der Waals surface area contributed by atoms with Gasteiger partial charge in [0.05, 0.1) is 0 Å². The Hall–Kier alpha value is -2.97. The SMILES string of the molecule is CC(Oc1ccc(F)cc1)c1nc(-c2nonc2N)no1. The summed E-state index contributed by atoms with van der Waals surface area (Å²) in [5.41, 5.74) is 5.73. The monoisotopic (exact) mass is 291 g/mol. The van der Waals surface area contributed by atoms with Gasteiger partial charge in [0.1, 0.15) is 11.6 Å². The zero-order valence-electron chi connectivity index (χ0n) is 10.9. The molecule has 9 heteroatoms. The van der Waals surface area contributed by atoms with E-state index in [1.54, 1.807) is 6.92 Å². The van der Waals surface area contributed by atoms with E-state index in [2.05, 4.69) is 25.1 Å². The molecule has 0 bridgehead atoms. The lowest BCUT2D eigenvalue weighted by molar-refractivity contribution is 0.175. The summed E-state index contributed by atoms with van der Waals surface area (Å²) in [5, 5.41) is 10.7.